The van der Waals surface area contributed by atoms with Crippen LogP contribution in [0.15, 0.2) is 24.3 Å². The van der Waals surface area contributed by atoms with Crippen molar-refractivity contribution in [3.63, 3.8) is 0 Å². The molecule has 1 aromatic rings. The summed E-state index contributed by atoms with van der Waals surface area (Å²) in [5, 5.41) is 9.52. The minimum absolute atomic E-state index is 0.0225. The van der Waals surface area contributed by atoms with Crippen LogP contribution in [0, 0.1) is 16.7 Å². The van der Waals surface area contributed by atoms with Gasteiger partial charge in [0, 0.05) is 0 Å². The molecule has 0 bridgehead atoms. The monoisotopic (exact) mass is 297 g/mol. The van der Waals surface area contributed by atoms with Gasteiger partial charge in [0.2, 0.25) is 0 Å². The first-order valence-corrected chi connectivity index (χ1v) is 9.23. The molecule has 2 rings (SSSR count). The summed E-state index contributed by atoms with van der Waals surface area (Å²) in [7, 11) is 0. The number of nitriles is 1. The van der Waals surface area contributed by atoms with Gasteiger partial charge in [0.25, 0.3) is 0 Å². The SMILES string of the molecule is CCCCCc1ccc(C2CCC(C#N)(CCC)CC2)cc1. The third-order valence-corrected chi connectivity index (χ3v) is 5.43. The van der Waals surface area contributed by atoms with E-state index in [1.54, 1.807) is 0 Å². The highest BCUT2D eigenvalue weighted by atomic mass is 14.4. The summed E-state index contributed by atoms with van der Waals surface area (Å²) in [6, 6.07) is 12.0. The average Bonchev–Trinajstić information content (AvgIpc) is 2.57. The van der Waals surface area contributed by atoms with Crippen LogP contribution in [0.2, 0.25) is 0 Å². The summed E-state index contributed by atoms with van der Waals surface area (Å²) in [5.41, 5.74) is 2.94. The number of rotatable bonds is 7. The molecule has 0 amide bonds. The Morgan fingerprint density at radius 3 is 2.27 bits per heavy atom. The van der Waals surface area contributed by atoms with Crippen molar-refractivity contribution in [3.05, 3.63) is 35.4 Å². The molecule has 0 atom stereocenters. The van der Waals surface area contributed by atoms with E-state index in [1.807, 2.05) is 0 Å². The van der Waals surface area contributed by atoms with E-state index >= 15 is 0 Å². The summed E-state index contributed by atoms with van der Waals surface area (Å²) in [5.74, 6) is 0.669. The van der Waals surface area contributed by atoms with E-state index in [2.05, 4.69) is 44.2 Å². The Morgan fingerprint density at radius 2 is 1.73 bits per heavy atom. The molecule has 1 fully saturated rings. The van der Waals surface area contributed by atoms with E-state index in [9.17, 15) is 5.26 Å². The molecule has 0 saturated heterocycles. The Balaban J connectivity index is 1.90. The second-order valence-electron chi connectivity index (χ2n) is 7.12. The summed E-state index contributed by atoms with van der Waals surface area (Å²) < 4.78 is 0. The fraction of sp³-hybridized carbons (Fsp3) is 0.667. The van der Waals surface area contributed by atoms with Crippen molar-refractivity contribution in [2.45, 2.75) is 84.0 Å². The Hall–Kier alpha value is -1.29. The molecule has 1 saturated carbocycles. The van der Waals surface area contributed by atoms with E-state index in [-0.39, 0.29) is 5.41 Å². The first-order chi connectivity index (χ1) is 10.7. The van der Waals surface area contributed by atoms with Gasteiger partial charge in [0.1, 0.15) is 0 Å². The van der Waals surface area contributed by atoms with E-state index < -0.39 is 0 Å². The molecule has 120 valence electrons. The lowest BCUT2D eigenvalue weighted by molar-refractivity contribution is 0.228. The maximum atomic E-state index is 9.52. The zero-order chi connectivity index (χ0) is 15.8. The van der Waals surface area contributed by atoms with Crippen LogP contribution in [-0.2, 0) is 6.42 Å². The fourth-order valence-electron chi connectivity index (χ4n) is 3.94. The quantitative estimate of drug-likeness (QED) is 0.535. The third kappa shape index (κ3) is 4.35. The van der Waals surface area contributed by atoms with Crippen LogP contribution >= 0.6 is 0 Å². The number of hydrogen-bond donors (Lipinski definition) is 0. The number of unbranched alkanes of at least 4 members (excludes halogenated alkanes) is 2. The van der Waals surface area contributed by atoms with Crippen molar-refractivity contribution in [3.8, 4) is 6.07 Å². The standard InChI is InChI=1S/C21H31N/c1-3-5-6-7-18-8-10-19(11-9-18)20-12-15-21(17-22,14-4-2)16-13-20/h8-11,20H,3-7,12-16H2,1-2H3. The lowest BCUT2D eigenvalue weighted by Crippen LogP contribution is -2.25. The largest absolute Gasteiger partial charge is 0.198 e. The van der Waals surface area contributed by atoms with Crippen molar-refractivity contribution < 1.29 is 0 Å². The maximum absolute atomic E-state index is 9.52. The molecule has 0 N–H and O–H groups in total. The third-order valence-electron chi connectivity index (χ3n) is 5.43. The zero-order valence-corrected chi connectivity index (χ0v) is 14.4. The Labute approximate surface area is 136 Å². The fourth-order valence-corrected chi connectivity index (χ4v) is 3.94. The molecule has 0 aliphatic heterocycles. The summed E-state index contributed by atoms with van der Waals surface area (Å²) in [6.07, 6.45) is 11.9. The molecule has 0 unspecified atom stereocenters. The van der Waals surface area contributed by atoms with Crippen LogP contribution in [0.5, 0.6) is 0 Å². The molecular weight excluding hydrogens is 266 g/mol. The van der Waals surface area contributed by atoms with E-state index in [4.69, 9.17) is 0 Å². The number of nitrogens with zero attached hydrogens (tertiary/aromatic N) is 1. The smallest absolute Gasteiger partial charge is 0.0689 e. The number of aryl methyl sites for hydroxylation is 1. The predicted octanol–water partition coefficient (Wildman–Crippen LogP) is 6.39. The van der Waals surface area contributed by atoms with Crippen LogP contribution in [0.1, 0.15) is 88.7 Å². The van der Waals surface area contributed by atoms with E-state index in [0.717, 1.165) is 25.7 Å². The van der Waals surface area contributed by atoms with E-state index in [1.165, 1.54) is 49.7 Å². The molecule has 0 radical (unpaired) electrons. The summed E-state index contributed by atoms with van der Waals surface area (Å²) in [6.45, 7) is 4.45. The first-order valence-electron chi connectivity index (χ1n) is 9.23. The minimum atomic E-state index is -0.0225. The van der Waals surface area contributed by atoms with Crippen LogP contribution < -0.4 is 0 Å². The van der Waals surface area contributed by atoms with Crippen molar-refractivity contribution in [2.24, 2.45) is 5.41 Å². The van der Waals surface area contributed by atoms with Crippen LogP contribution in [0.4, 0.5) is 0 Å². The van der Waals surface area contributed by atoms with Gasteiger partial charge < -0.3 is 0 Å². The van der Waals surface area contributed by atoms with Gasteiger partial charge in [-0.25, -0.2) is 0 Å². The topological polar surface area (TPSA) is 23.8 Å². The molecule has 1 heteroatoms. The van der Waals surface area contributed by atoms with Gasteiger partial charge in [0.15, 0.2) is 0 Å². The van der Waals surface area contributed by atoms with Crippen LogP contribution in [-0.4, -0.2) is 0 Å². The van der Waals surface area contributed by atoms with Gasteiger partial charge in [-0.05, 0) is 62.0 Å². The van der Waals surface area contributed by atoms with Crippen molar-refractivity contribution in [1.29, 1.82) is 5.26 Å². The molecule has 0 spiro atoms. The van der Waals surface area contributed by atoms with Crippen molar-refractivity contribution in [2.75, 3.05) is 0 Å². The Bertz CT molecular complexity index is 472. The van der Waals surface area contributed by atoms with Gasteiger partial charge in [0.05, 0.1) is 11.5 Å². The van der Waals surface area contributed by atoms with Gasteiger partial charge in [-0.2, -0.15) is 5.26 Å². The highest BCUT2D eigenvalue weighted by Gasteiger charge is 2.34. The lowest BCUT2D eigenvalue weighted by Gasteiger charge is -2.35. The molecule has 1 aliphatic rings. The number of hydrogen-bond acceptors (Lipinski definition) is 1. The zero-order valence-electron chi connectivity index (χ0n) is 14.4. The molecule has 1 aliphatic carbocycles. The number of benzene rings is 1. The van der Waals surface area contributed by atoms with Crippen LogP contribution in [0.3, 0.4) is 0 Å². The predicted molar refractivity (Wildman–Crippen MR) is 93.8 cm³/mol. The van der Waals surface area contributed by atoms with E-state index in [0.29, 0.717) is 5.92 Å². The maximum Gasteiger partial charge on any atom is 0.0689 e. The second kappa shape index (κ2) is 8.37. The van der Waals surface area contributed by atoms with Gasteiger partial charge in [-0.15, -0.1) is 0 Å². The second-order valence-corrected chi connectivity index (χ2v) is 7.12. The van der Waals surface area contributed by atoms with Gasteiger partial charge in [-0.3, -0.25) is 0 Å². The van der Waals surface area contributed by atoms with Crippen molar-refractivity contribution in [1.82, 2.24) is 0 Å². The first kappa shape index (κ1) is 17.1. The molecule has 0 aromatic heterocycles. The Morgan fingerprint density at radius 1 is 1.05 bits per heavy atom. The lowest BCUT2D eigenvalue weighted by atomic mass is 9.68. The molecular formula is C21H31N. The average molecular weight is 297 g/mol. The van der Waals surface area contributed by atoms with Gasteiger partial charge in [-0.1, -0.05) is 57.4 Å². The minimum Gasteiger partial charge on any atom is -0.198 e. The van der Waals surface area contributed by atoms with Crippen molar-refractivity contribution >= 4 is 0 Å². The summed E-state index contributed by atoms with van der Waals surface area (Å²) >= 11 is 0. The summed E-state index contributed by atoms with van der Waals surface area (Å²) in [4.78, 5) is 0. The van der Waals surface area contributed by atoms with Crippen LogP contribution in [0.25, 0.3) is 0 Å². The molecule has 22 heavy (non-hydrogen) atoms. The molecule has 1 nitrogen and oxygen atoms in total. The Kier molecular flexibility index (Phi) is 6.49. The molecule has 1 aromatic carbocycles. The highest BCUT2D eigenvalue weighted by Crippen LogP contribution is 2.45. The highest BCUT2D eigenvalue weighted by molar-refractivity contribution is 5.26. The van der Waals surface area contributed by atoms with Gasteiger partial charge >= 0.3 is 0 Å². The normalized spacial score (nSPS) is 24.9. The molecule has 0 heterocycles.